The zero-order valence-corrected chi connectivity index (χ0v) is 12.7. The lowest BCUT2D eigenvalue weighted by atomic mass is 10.2. The van der Waals surface area contributed by atoms with E-state index in [0.29, 0.717) is 17.2 Å². The smallest absolute Gasteiger partial charge is 0.343 e. The van der Waals surface area contributed by atoms with Gasteiger partial charge in [-0.2, -0.15) is 0 Å². The van der Waals surface area contributed by atoms with Crippen LogP contribution in [-0.4, -0.2) is 36.1 Å². The van der Waals surface area contributed by atoms with Gasteiger partial charge in [-0.25, -0.2) is 14.8 Å². The molecule has 0 aliphatic heterocycles. The number of hydrogen-bond donors (Lipinski definition) is 0. The van der Waals surface area contributed by atoms with Crippen LogP contribution in [0, 0.1) is 0 Å². The number of carbonyl (C=O) groups is 1. The van der Waals surface area contributed by atoms with Crippen molar-refractivity contribution in [2.45, 2.75) is 20.0 Å². The van der Waals surface area contributed by atoms with Crippen LogP contribution in [0.25, 0.3) is 11.4 Å². The second-order valence-corrected chi connectivity index (χ2v) is 5.15. The van der Waals surface area contributed by atoms with Gasteiger partial charge in [0.1, 0.15) is 11.4 Å². The molecular formula is C16H19N3O2. The van der Waals surface area contributed by atoms with E-state index >= 15 is 0 Å². The first-order valence-corrected chi connectivity index (χ1v) is 6.80. The number of nitrogens with zero attached hydrogens (tertiary/aromatic N) is 3. The van der Waals surface area contributed by atoms with Crippen molar-refractivity contribution >= 4 is 11.8 Å². The van der Waals surface area contributed by atoms with Crippen LogP contribution in [0.1, 0.15) is 24.2 Å². The summed E-state index contributed by atoms with van der Waals surface area (Å²) in [6.45, 7) is 3.62. The topological polar surface area (TPSA) is 55.3 Å². The Morgan fingerprint density at radius 2 is 1.86 bits per heavy atom. The van der Waals surface area contributed by atoms with Gasteiger partial charge in [0.05, 0.1) is 6.10 Å². The van der Waals surface area contributed by atoms with Gasteiger partial charge >= 0.3 is 5.97 Å². The minimum Gasteiger partial charge on any atom is -0.459 e. The Labute approximate surface area is 124 Å². The Morgan fingerprint density at radius 3 is 2.43 bits per heavy atom. The number of hydrogen-bond acceptors (Lipinski definition) is 5. The van der Waals surface area contributed by atoms with E-state index in [-0.39, 0.29) is 6.10 Å². The number of ether oxygens (including phenoxy) is 1. The third-order valence-electron chi connectivity index (χ3n) is 2.79. The summed E-state index contributed by atoms with van der Waals surface area (Å²) >= 11 is 0. The van der Waals surface area contributed by atoms with Crippen molar-refractivity contribution in [2.75, 3.05) is 19.0 Å². The van der Waals surface area contributed by atoms with E-state index < -0.39 is 5.97 Å². The average Bonchev–Trinajstić information content (AvgIpc) is 2.46. The van der Waals surface area contributed by atoms with E-state index in [1.165, 1.54) is 6.20 Å². The van der Waals surface area contributed by atoms with Crippen molar-refractivity contribution in [1.82, 2.24) is 9.97 Å². The highest BCUT2D eigenvalue weighted by atomic mass is 16.5. The van der Waals surface area contributed by atoms with Crippen molar-refractivity contribution in [3.8, 4) is 11.4 Å². The molecule has 1 heterocycles. The molecule has 0 unspecified atom stereocenters. The first kappa shape index (κ1) is 15.0. The van der Waals surface area contributed by atoms with Gasteiger partial charge in [0.2, 0.25) is 0 Å². The monoisotopic (exact) mass is 285 g/mol. The molecule has 0 saturated carbocycles. The predicted octanol–water partition coefficient (Wildman–Crippen LogP) is 2.77. The molecule has 0 aliphatic carbocycles. The zero-order chi connectivity index (χ0) is 15.4. The van der Waals surface area contributed by atoms with Gasteiger partial charge in [-0.05, 0) is 13.8 Å². The van der Waals surface area contributed by atoms with E-state index in [4.69, 9.17) is 4.74 Å². The first-order chi connectivity index (χ1) is 9.99. The van der Waals surface area contributed by atoms with Crippen molar-refractivity contribution in [2.24, 2.45) is 0 Å². The zero-order valence-electron chi connectivity index (χ0n) is 12.7. The van der Waals surface area contributed by atoms with Crippen LogP contribution in [0.4, 0.5) is 5.82 Å². The van der Waals surface area contributed by atoms with E-state index in [9.17, 15) is 4.79 Å². The Balaban J connectivity index is 2.43. The van der Waals surface area contributed by atoms with Crippen LogP contribution >= 0.6 is 0 Å². The Morgan fingerprint density at radius 1 is 1.19 bits per heavy atom. The molecule has 1 aromatic heterocycles. The maximum atomic E-state index is 12.1. The summed E-state index contributed by atoms with van der Waals surface area (Å²) in [5, 5.41) is 0. The molecule has 0 fully saturated rings. The molecule has 0 radical (unpaired) electrons. The second kappa shape index (κ2) is 6.35. The van der Waals surface area contributed by atoms with Gasteiger partial charge in [0, 0.05) is 25.9 Å². The second-order valence-electron chi connectivity index (χ2n) is 5.15. The van der Waals surface area contributed by atoms with Gasteiger partial charge in [-0.1, -0.05) is 30.3 Å². The van der Waals surface area contributed by atoms with E-state index in [1.54, 1.807) is 4.90 Å². The summed E-state index contributed by atoms with van der Waals surface area (Å²) in [5.74, 6) is 0.725. The fourth-order valence-corrected chi connectivity index (χ4v) is 1.86. The fourth-order valence-electron chi connectivity index (χ4n) is 1.86. The highest BCUT2D eigenvalue weighted by Crippen LogP contribution is 2.21. The molecule has 0 bridgehead atoms. The number of rotatable bonds is 4. The van der Waals surface area contributed by atoms with Gasteiger partial charge < -0.3 is 9.64 Å². The summed E-state index contributed by atoms with van der Waals surface area (Å²) in [5.41, 5.74) is 1.28. The van der Waals surface area contributed by atoms with Crippen molar-refractivity contribution in [3.63, 3.8) is 0 Å². The van der Waals surface area contributed by atoms with Crippen LogP contribution in [0.2, 0.25) is 0 Å². The number of aromatic nitrogens is 2. The quantitative estimate of drug-likeness (QED) is 0.808. The summed E-state index contributed by atoms with van der Waals surface area (Å²) in [6.07, 6.45) is 1.34. The highest BCUT2D eigenvalue weighted by molar-refractivity contribution is 5.94. The Kier molecular flexibility index (Phi) is 4.52. The number of benzene rings is 1. The van der Waals surface area contributed by atoms with Crippen molar-refractivity contribution < 1.29 is 9.53 Å². The van der Waals surface area contributed by atoms with E-state index in [2.05, 4.69) is 9.97 Å². The molecule has 0 saturated heterocycles. The van der Waals surface area contributed by atoms with Crippen LogP contribution in [-0.2, 0) is 4.74 Å². The predicted molar refractivity (Wildman–Crippen MR) is 82.3 cm³/mol. The minimum absolute atomic E-state index is 0.179. The normalized spacial score (nSPS) is 10.5. The SMILES string of the molecule is CC(C)OC(=O)c1cnc(-c2ccccc2)nc1N(C)C. The molecule has 5 nitrogen and oxygen atoms in total. The molecule has 0 atom stereocenters. The molecule has 0 amide bonds. The molecule has 21 heavy (non-hydrogen) atoms. The third kappa shape index (κ3) is 3.56. The minimum atomic E-state index is -0.409. The maximum Gasteiger partial charge on any atom is 0.343 e. The number of carbonyl (C=O) groups excluding carboxylic acids is 1. The van der Waals surface area contributed by atoms with Crippen molar-refractivity contribution in [1.29, 1.82) is 0 Å². The summed E-state index contributed by atoms with van der Waals surface area (Å²) < 4.78 is 5.23. The van der Waals surface area contributed by atoms with Gasteiger partial charge in [0.15, 0.2) is 5.82 Å². The fraction of sp³-hybridized carbons (Fsp3) is 0.312. The van der Waals surface area contributed by atoms with Gasteiger partial charge in [-0.15, -0.1) is 0 Å². The largest absolute Gasteiger partial charge is 0.459 e. The molecule has 110 valence electrons. The van der Waals surface area contributed by atoms with Crippen LogP contribution in [0.5, 0.6) is 0 Å². The standard InChI is InChI=1S/C16H19N3O2/c1-11(2)21-16(20)13-10-17-14(18-15(13)19(3)4)12-8-6-5-7-9-12/h5-11H,1-4H3. The van der Waals surface area contributed by atoms with E-state index in [1.807, 2.05) is 58.3 Å². The lowest BCUT2D eigenvalue weighted by Crippen LogP contribution is -2.20. The lowest BCUT2D eigenvalue weighted by molar-refractivity contribution is 0.0378. The molecule has 2 aromatic rings. The van der Waals surface area contributed by atoms with E-state index in [0.717, 1.165) is 5.56 Å². The lowest BCUT2D eigenvalue weighted by Gasteiger charge is -2.17. The van der Waals surface area contributed by atoms with Crippen LogP contribution in [0.15, 0.2) is 36.5 Å². The average molecular weight is 285 g/mol. The molecule has 0 aliphatic rings. The molecule has 1 aromatic carbocycles. The summed E-state index contributed by atoms with van der Waals surface area (Å²) in [6, 6.07) is 9.65. The van der Waals surface area contributed by atoms with Gasteiger partial charge in [0.25, 0.3) is 0 Å². The first-order valence-electron chi connectivity index (χ1n) is 6.80. The molecule has 5 heteroatoms. The molecular weight excluding hydrogens is 266 g/mol. The Hall–Kier alpha value is -2.43. The molecule has 0 spiro atoms. The van der Waals surface area contributed by atoms with Gasteiger partial charge in [-0.3, -0.25) is 0 Å². The molecule has 2 rings (SSSR count). The highest BCUT2D eigenvalue weighted by Gasteiger charge is 2.19. The van der Waals surface area contributed by atoms with Crippen LogP contribution in [0.3, 0.4) is 0 Å². The molecule has 0 N–H and O–H groups in total. The maximum absolute atomic E-state index is 12.1. The Bertz CT molecular complexity index is 625. The number of esters is 1. The third-order valence-corrected chi connectivity index (χ3v) is 2.79. The number of anilines is 1. The van der Waals surface area contributed by atoms with Crippen molar-refractivity contribution in [3.05, 3.63) is 42.1 Å². The van der Waals surface area contributed by atoms with Crippen LogP contribution < -0.4 is 4.90 Å². The summed E-state index contributed by atoms with van der Waals surface area (Å²) in [4.78, 5) is 22.6. The summed E-state index contributed by atoms with van der Waals surface area (Å²) in [7, 11) is 3.67.